The second kappa shape index (κ2) is 11.5. The van der Waals surface area contributed by atoms with Crippen molar-refractivity contribution < 1.29 is 18.7 Å². The van der Waals surface area contributed by atoms with Crippen LogP contribution >= 0.6 is 11.8 Å². The highest BCUT2D eigenvalue weighted by Gasteiger charge is 2.27. The summed E-state index contributed by atoms with van der Waals surface area (Å²) in [5, 5.41) is 9.89. The zero-order valence-electron chi connectivity index (χ0n) is 24.0. The number of amides is 1. The molecule has 0 saturated carbocycles. The maximum absolute atomic E-state index is 14.6. The fraction of sp³-hybridized carbons (Fsp3) is 0.312. The van der Waals surface area contributed by atoms with Crippen molar-refractivity contribution in [1.82, 2.24) is 29.5 Å². The van der Waals surface area contributed by atoms with Crippen LogP contribution in [0.5, 0.6) is 11.5 Å². The van der Waals surface area contributed by atoms with Gasteiger partial charge in [0, 0.05) is 43.7 Å². The molecule has 0 radical (unpaired) electrons. The first-order valence-electron chi connectivity index (χ1n) is 14.4. The third-order valence-corrected chi connectivity index (χ3v) is 8.98. The molecule has 2 aliphatic rings. The number of aromatic nitrogens is 4. The summed E-state index contributed by atoms with van der Waals surface area (Å²) in [6.45, 7) is 8.17. The number of carbonyl (C=O) groups excluding carboxylic acids is 1. The van der Waals surface area contributed by atoms with Crippen molar-refractivity contribution in [1.29, 1.82) is 0 Å². The Morgan fingerprint density at radius 3 is 2.63 bits per heavy atom. The maximum Gasteiger partial charge on any atom is 0.235 e. The van der Waals surface area contributed by atoms with Gasteiger partial charge in [0.05, 0.1) is 17.3 Å². The Labute approximate surface area is 252 Å². The first-order valence-corrected chi connectivity index (χ1v) is 15.2. The number of thioether (sulfide) groups is 1. The summed E-state index contributed by atoms with van der Waals surface area (Å²) in [5.41, 5.74) is 5.02. The molecule has 0 N–H and O–H groups in total. The van der Waals surface area contributed by atoms with E-state index in [9.17, 15) is 9.18 Å². The molecule has 7 rings (SSSR count). The van der Waals surface area contributed by atoms with Crippen molar-refractivity contribution in [2.24, 2.45) is 0 Å². The Kier molecular flexibility index (Phi) is 7.36. The Bertz CT molecular complexity index is 1840. The van der Waals surface area contributed by atoms with Crippen LogP contribution in [0.1, 0.15) is 23.6 Å². The number of nitrogens with zero attached hydrogens (tertiary/aromatic N) is 6. The van der Waals surface area contributed by atoms with Gasteiger partial charge in [0.1, 0.15) is 11.3 Å². The van der Waals surface area contributed by atoms with E-state index in [1.54, 1.807) is 12.1 Å². The van der Waals surface area contributed by atoms with Gasteiger partial charge in [-0.2, -0.15) is 0 Å². The molecule has 1 fully saturated rings. The van der Waals surface area contributed by atoms with E-state index >= 15 is 0 Å². The van der Waals surface area contributed by atoms with E-state index in [1.165, 1.54) is 17.8 Å². The van der Waals surface area contributed by atoms with E-state index in [4.69, 9.17) is 14.5 Å². The van der Waals surface area contributed by atoms with Crippen molar-refractivity contribution in [2.45, 2.75) is 37.3 Å². The SMILES string of the molecule is Cc1ccc2c(c1)c1nnc(SC(C)C(=O)N3CCN(Cc4ccc5c(c4)OCO5)CC3)nc1n2Cc1ccccc1F. The Morgan fingerprint density at radius 1 is 0.977 bits per heavy atom. The second-order valence-corrected chi connectivity index (χ2v) is 12.3. The van der Waals surface area contributed by atoms with E-state index in [0.29, 0.717) is 41.5 Å². The number of rotatable bonds is 7. The number of piperazine rings is 1. The van der Waals surface area contributed by atoms with Crippen molar-refractivity contribution in [3.05, 3.63) is 83.2 Å². The molecule has 1 amide bonds. The number of aryl methyl sites for hydroxylation is 1. The van der Waals surface area contributed by atoms with Crippen LogP contribution < -0.4 is 9.47 Å². The molecule has 2 aliphatic heterocycles. The average molecular weight is 599 g/mol. The van der Waals surface area contributed by atoms with E-state index in [1.807, 2.05) is 53.6 Å². The standard InChI is InChI=1S/C32H31FN6O3S/c1-20-7-9-26-24(15-20)29-30(39(26)18-23-5-3-4-6-25(23)33)34-32(36-35-29)43-21(2)31(40)38-13-11-37(12-14-38)17-22-8-10-27-28(16-22)42-19-41-27/h3-10,15-16,21H,11-14,17-19H2,1-2H3. The van der Waals surface area contributed by atoms with Gasteiger partial charge in [0.2, 0.25) is 17.9 Å². The normalized spacial score (nSPS) is 15.8. The molecule has 5 aromatic rings. The molecule has 1 unspecified atom stereocenters. The molecule has 0 aliphatic carbocycles. The average Bonchev–Trinajstić information content (AvgIpc) is 3.60. The van der Waals surface area contributed by atoms with Crippen LogP contribution in [-0.2, 0) is 17.9 Å². The van der Waals surface area contributed by atoms with E-state index in [0.717, 1.165) is 53.2 Å². The molecule has 1 saturated heterocycles. The van der Waals surface area contributed by atoms with E-state index in [-0.39, 0.29) is 23.8 Å². The lowest BCUT2D eigenvalue weighted by Crippen LogP contribution is -2.50. The molecule has 2 aromatic heterocycles. The number of carbonyl (C=O) groups is 1. The summed E-state index contributed by atoms with van der Waals surface area (Å²) in [4.78, 5) is 22.5. The summed E-state index contributed by atoms with van der Waals surface area (Å²) < 4.78 is 27.5. The molecule has 43 heavy (non-hydrogen) atoms. The quantitative estimate of drug-likeness (QED) is 0.241. The molecule has 0 bridgehead atoms. The van der Waals surface area contributed by atoms with Gasteiger partial charge in [-0.1, -0.05) is 47.7 Å². The van der Waals surface area contributed by atoms with Crippen LogP contribution in [0.2, 0.25) is 0 Å². The lowest BCUT2D eigenvalue weighted by molar-refractivity contribution is -0.132. The highest BCUT2D eigenvalue weighted by molar-refractivity contribution is 8.00. The van der Waals surface area contributed by atoms with Crippen molar-refractivity contribution in [3.63, 3.8) is 0 Å². The monoisotopic (exact) mass is 598 g/mol. The van der Waals surface area contributed by atoms with Crippen LogP contribution in [0.15, 0.2) is 65.8 Å². The lowest BCUT2D eigenvalue weighted by atomic mass is 10.1. The molecule has 9 nitrogen and oxygen atoms in total. The molecule has 220 valence electrons. The minimum atomic E-state index is -0.383. The fourth-order valence-electron chi connectivity index (χ4n) is 5.75. The topological polar surface area (TPSA) is 85.6 Å². The number of ether oxygens (including phenoxy) is 2. The van der Waals surface area contributed by atoms with Crippen LogP contribution in [0.3, 0.4) is 0 Å². The number of fused-ring (bicyclic) bond motifs is 4. The molecule has 1 atom stereocenters. The molecular weight excluding hydrogens is 567 g/mol. The lowest BCUT2D eigenvalue weighted by Gasteiger charge is -2.35. The summed E-state index contributed by atoms with van der Waals surface area (Å²) in [6.07, 6.45) is 0. The van der Waals surface area contributed by atoms with Gasteiger partial charge in [-0.05, 0) is 49.7 Å². The number of benzene rings is 3. The predicted octanol–water partition coefficient (Wildman–Crippen LogP) is 5.03. The fourth-order valence-corrected chi connectivity index (χ4v) is 6.54. The largest absolute Gasteiger partial charge is 0.454 e. The zero-order valence-corrected chi connectivity index (χ0v) is 24.8. The minimum Gasteiger partial charge on any atom is -0.454 e. The summed E-state index contributed by atoms with van der Waals surface area (Å²) >= 11 is 1.30. The van der Waals surface area contributed by atoms with Crippen LogP contribution in [0.4, 0.5) is 4.39 Å². The molecule has 11 heteroatoms. The summed E-state index contributed by atoms with van der Waals surface area (Å²) in [5.74, 6) is 1.36. The molecule has 4 heterocycles. The summed E-state index contributed by atoms with van der Waals surface area (Å²) in [6, 6.07) is 18.9. The van der Waals surface area contributed by atoms with Gasteiger partial charge < -0.3 is 18.9 Å². The highest BCUT2D eigenvalue weighted by atomic mass is 32.2. The van der Waals surface area contributed by atoms with Gasteiger partial charge in [0.25, 0.3) is 0 Å². The predicted molar refractivity (Wildman–Crippen MR) is 163 cm³/mol. The second-order valence-electron chi connectivity index (χ2n) is 11.0. The number of halogens is 1. The Balaban J connectivity index is 1.05. The van der Waals surface area contributed by atoms with E-state index < -0.39 is 0 Å². The Morgan fingerprint density at radius 2 is 1.79 bits per heavy atom. The van der Waals surface area contributed by atoms with Crippen molar-refractivity contribution in [2.75, 3.05) is 33.0 Å². The van der Waals surface area contributed by atoms with Gasteiger partial charge in [-0.25, -0.2) is 9.37 Å². The first kappa shape index (κ1) is 27.6. The van der Waals surface area contributed by atoms with Gasteiger partial charge in [-0.3, -0.25) is 9.69 Å². The molecule has 3 aromatic carbocycles. The molecular formula is C32H31FN6O3S. The van der Waals surface area contributed by atoms with Crippen molar-refractivity contribution in [3.8, 4) is 11.5 Å². The number of hydrogen-bond donors (Lipinski definition) is 0. The van der Waals surface area contributed by atoms with Gasteiger partial charge in [-0.15, -0.1) is 10.2 Å². The number of hydrogen-bond acceptors (Lipinski definition) is 8. The zero-order chi connectivity index (χ0) is 29.5. The van der Waals surface area contributed by atoms with Gasteiger partial charge in [0.15, 0.2) is 17.1 Å². The highest BCUT2D eigenvalue weighted by Crippen LogP contribution is 2.33. The third-order valence-electron chi connectivity index (χ3n) is 8.05. The summed E-state index contributed by atoms with van der Waals surface area (Å²) in [7, 11) is 0. The van der Waals surface area contributed by atoms with Crippen LogP contribution in [0.25, 0.3) is 22.1 Å². The van der Waals surface area contributed by atoms with Crippen LogP contribution in [-0.4, -0.2) is 73.7 Å². The van der Waals surface area contributed by atoms with Crippen molar-refractivity contribution >= 4 is 39.7 Å². The smallest absolute Gasteiger partial charge is 0.235 e. The molecule has 0 spiro atoms. The minimum absolute atomic E-state index is 0.0546. The first-order chi connectivity index (χ1) is 20.9. The van der Waals surface area contributed by atoms with Crippen LogP contribution in [0, 0.1) is 12.7 Å². The third kappa shape index (κ3) is 5.50. The van der Waals surface area contributed by atoms with Gasteiger partial charge >= 0.3 is 0 Å². The Hall–Kier alpha value is -4.22. The maximum atomic E-state index is 14.6. The van der Waals surface area contributed by atoms with E-state index in [2.05, 4.69) is 27.2 Å².